The second-order valence-corrected chi connectivity index (χ2v) is 12.7. The van der Waals surface area contributed by atoms with Gasteiger partial charge in [-0.25, -0.2) is 0 Å². The Morgan fingerprint density at radius 1 is 0.396 bits per heavy atom. The van der Waals surface area contributed by atoms with E-state index in [9.17, 15) is 0 Å². The first-order valence-corrected chi connectivity index (χ1v) is 17.1. The first-order valence-electron chi connectivity index (χ1n) is 17.1. The van der Waals surface area contributed by atoms with E-state index in [0.29, 0.717) is 0 Å². The number of nitrogens with zero attached hydrogens (tertiary/aromatic N) is 2. The van der Waals surface area contributed by atoms with Crippen molar-refractivity contribution >= 4 is 43.6 Å². The van der Waals surface area contributed by atoms with Gasteiger partial charge in [0.15, 0.2) is 0 Å². The lowest BCUT2D eigenvalue weighted by Crippen LogP contribution is -2.02. The van der Waals surface area contributed by atoms with Crippen LogP contribution in [0.25, 0.3) is 77.2 Å². The van der Waals surface area contributed by atoms with E-state index in [4.69, 9.17) is 0 Å². The molecule has 2 heterocycles. The number of hydrogen-bond donors (Lipinski definition) is 0. The van der Waals surface area contributed by atoms with Gasteiger partial charge in [0.25, 0.3) is 0 Å². The predicted molar refractivity (Wildman–Crippen MR) is 205 cm³/mol. The average Bonchev–Trinajstić information content (AvgIpc) is 3.67. The van der Waals surface area contributed by atoms with E-state index >= 15 is 0 Å². The van der Waals surface area contributed by atoms with Crippen molar-refractivity contribution in [3.8, 4) is 33.6 Å². The first kappa shape index (κ1) is 28.4. The Balaban J connectivity index is 1.27. The minimum atomic E-state index is 0.978. The second-order valence-electron chi connectivity index (χ2n) is 12.7. The minimum Gasteiger partial charge on any atom is -0.309 e. The molecular formula is C46H36N2. The average molecular weight is 617 g/mol. The number of aryl methyl sites for hydroxylation is 2. The van der Waals surface area contributed by atoms with Crippen LogP contribution in [0.3, 0.4) is 0 Å². The molecule has 0 amide bonds. The molecule has 230 valence electrons. The van der Waals surface area contributed by atoms with Gasteiger partial charge in [-0.3, -0.25) is 0 Å². The van der Waals surface area contributed by atoms with Crippen LogP contribution in [0.2, 0.25) is 0 Å². The van der Waals surface area contributed by atoms with E-state index < -0.39 is 0 Å². The second kappa shape index (κ2) is 11.4. The molecule has 0 bridgehead atoms. The van der Waals surface area contributed by atoms with Crippen LogP contribution in [0.4, 0.5) is 0 Å². The number of hydrogen-bond acceptors (Lipinski definition) is 0. The topological polar surface area (TPSA) is 9.86 Å². The molecule has 0 spiro atoms. The number of benzene rings is 7. The molecule has 0 saturated carbocycles. The highest BCUT2D eigenvalue weighted by Crippen LogP contribution is 2.41. The minimum absolute atomic E-state index is 0.978. The zero-order valence-electron chi connectivity index (χ0n) is 27.3. The fourth-order valence-electron chi connectivity index (χ4n) is 7.87. The highest BCUT2D eigenvalue weighted by molar-refractivity contribution is 6.13. The van der Waals surface area contributed by atoms with Gasteiger partial charge in [0, 0.05) is 32.8 Å². The van der Waals surface area contributed by atoms with Crippen LogP contribution in [-0.2, 0) is 12.8 Å². The lowest BCUT2D eigenvalue weighted by atomic mass is 9.91. The monoisotopic (exact) mass is 616 g/mol. The van der Waals surface area contributed by atoms with Crippen LogP contribution >= 0.6 is 0 Å². The SMILES string of the molecule is CCc1ccccc1-c1c(CC)cccc1-n1c2ccccc2c2cc(-c3ccc4c(c3)c3ccccc3n4-c3ccccc3)ccc21. The van der Waals surface area contributed by atoms with Gasteiger partial charge in [-0.1, -0.05) is 117 Å². The van der Waals surface area contributed by atoms with E-state index in [1.807, 2.05) is 0 Å². The van der Waals surface area contributed by atoms with Gasteiger partial charge in [-0.15, -0.1) is 0 Å². The maximum atomic E-state index is 2.49. The molecule has 0 aliphatic rings. The van der Waals surface area contributed by atoms with E-state index in [2.05, 4.69) is 181 Å². The molecule has 9 aromatic rings. The van der Waals surface area contributed by atoms with Gasteiger partial charge in [-0.2, -0.15) is 0 Å². The summed E-state index contributed by atoms with van der Waals surface area (Å²) in [5.41, 5.74) is 15.2. The zero-order chi connectivity index (χ0) is 32.2. The summed E-state index contributed by atoms with van der Waals surface area (Å²) in [4.78, 5) is 0. The van der Waals surface area contributed by atoms with Crippen LogP contribution < -0.4 is 0 Å². The van der Waals surface area contributed by atoms with Crippen LogP contribution in [-0.4, -0.2) is 9.13 Å². The molecule has 0 aliphatic heterocycles. The molecule has 0 unspecified atom stereocenters. The van der Waals surface area contributed by atoms with Gasteiger partial charge < -0.3 is 9.13 Å². The third kappa shape index (κ3) is 4.33. The van der Waals surface area contributed by atoms with Crippen LogP contribution in [0.1, 0.15) is 25.0 Å². The first-order chi connectivity index (χ1) is 23.7. The summed E-state index contributed by atoms with van der Waals surface area (Å²) >= 11 is 0. The van der Waals surface area contributed by atoms with E-state index in [0.717, 1.165) is 12.8 Å². The molecule has 0 saturated heterocycles. The van der Waals surface area contributed by atoms with Gasteiger partial charge in [0.2, 0.25) is 0 Å². The Morgan fingerprint density at radius 3 is 1.58 bits per heavy atom. The quantitative estimate of drug-likeness (QED) is 0.176. The number of fused-ring (bicyclic) bond motifs is 6. The largest absolute Gasteiger partial charge is 0.309 e. The van der Waals surface area contributed by atoms with Gasteiger partial charge >= 0.3 is 0 Å². The number of rotatable bonds is 6. The molecule has 9 rings (SSSR count). The maximum Gasteiger partial charge on any atom is 0.0543 e. The third-order valence-electron chi connectivity index (χ3n) is 10.1. The Labute approximate surface area is 281 Å². The van der Waals surface area contributed by atoms with Crippen molar-refractivity contribution in [2.24, 2.45) is 0 Å². The van der Waals surface area contributed by atoms with Crippen molar-refractivity contribution < 1.29 is 0 Å². The van der Waals surface area contributed by atoms with Crippen molar-refractivity contribution in [3.63, 3.8) is 0 Å². The van der Waals surface area contributed by atoms with E-state index in [1.54, 1.807) is 0 Å². The molecule has 2 aromatic heterocycles. The van der Waals surface area contributed by atoms with Gasteiger partial charge in [0.1, 0.15) is 0 Å². The highest BCUT2D eigenvalue weighted by atomic mass is 15.0. The molecule has 0 atom stereocenters. The third-order valence-corrected chi connectivity index (χ3v) is 10.1. The summed E-state index contributed by atoms with van der Waals surface area (Å²) < 4.78 is 4.87. The van der Waals surface area contributed by atoms with Crippen LogP contribution in [0.5, 0.6) is 0 Å². The molecule has 0 aliphatic carbocycles. The fraction of sp³-hybridized carbons (Fsp3) is 0.0870. The highest BCUT2D eigenvalue weighted by Gasteiger charge is 2.20. The Morgan fingerprint density at radius 2 is 0.917 bits per heavy atom. The van der Waals surface area contributed by atoms with E-state index in [1.165, 1.54) is 88.4 Å². The molecular weight excluding hydrogens is 581 g/mol. The molecule has 7 aromatic carbocycles. The molecule has 48 heavy (non-hydrogen) atoms. The Kier molecular flexibility index (Phi) is 6.76. The number of aromatic nitrogens is 2. The molecule has 2 heteroatoms. The standard InChI is InChI=1S/C46H36N2/c1-3-31-15-8-9-19-36(31)46-32(4-2)16-14-24-45(46)48-42-23-13-11-21-38(42)40-30-34(26-28-44(40)48)33-25-27-43-39(29-33)37-20-10-12-22-41(37)47(43)35-17-6-5-7-18-35/h5-30H,3-4H2,1-2H3. The Hall–Kier alpha value is -5.86. The summed E-state index contributed by atoms with van der Waals surface area (Å²) in [7, 11) is 0. The summed E-state index contributed by atoms with van der Waals surface area (Å²) in [5, 5.41) is 5.08. The van der Waals surface area contributed by atoms with Gasteiger partial charge in [-0.05, 0) is 95.3 Å². The fourth-order valence-corrected chi connectivity index (χ4v) is 7.87. The van der Waals surface area contributed by atoms with Crippen molar-refractivity contribution in [1.82, 2.24) is 9.13 Å². The van der Waals surface area contributed by atoms with Gasteiger partial charge in [0.05, 0.1) is 27.8 Å². The Bertz CT molecular complexity index is 2630. The summed E-state index contributed by atoms with van der Waals surface area (Å²) in [6.45, 7) is 4.52. The molecule has 0 N–H and O–H groups in total. The van der Waals surface area contributed by atoms with Crippen molar-refractivity contribution in [3.05, 3.63) is 169 Å². The van der Waals surface area contributed by atoms with Crippen molar-refractivity contribution in [1.29, 1.82) is 0 Å². The molecule has 2 nitrogen and oxygen atoms in total. The summed E-state index contributed by atoms with van der Waals surface area (Å²) in [5.74, 6) is 0. The normalized spacial score (nSPS) is 11.7. The van der Waals surface area contributed by atoms with Crippen molar-refractivity contribution in [2.45, 2.75) is 26.7 Å². The lowest BCUT2D eigenvalue weighted by Gasteiger charge is -2.19. The molecule has 0 fully saturated rings. The molecule has 0 radical (unpaired) electrons. The summed E-state index contributed by atoms with van der Waals surface area (Å²) in [6, 6.07) is 58.0. The number of para-hydroxylation sites is 3. The van der Waals surface area contributed by atoms with Crippen molar-refractivity contribution in [2.75, 3.05) is 0 Å². The smallest absolute Gasteiger partial charge is 0.0543 e. The predicted octanol–water partition coefficient (Wildman–Crippen LogP) is 12.3. The van der Waals surface area contributed by atoms with Crippen LogP contribution in [0, 0.1) is 0 Å². The van der Waals surface area contributed by atoms with E-state index in [-0.39, 0.29) is 0 Å². The lowest BCUT2D eigenvalue weighted by molar-refractivity contribution is 1.09. The zero-order valence-corrected chi connectivity index (χ0v) is 27.3. The summed E-state index contributed by atoms with van der Waals surface area (Å²) in [6.07, 6.45) is 1.98. The maximum absolute atomic E-state index is 2.49. The van der Waals surface area contributed by atoms with Crippen LogP contribution in [0.15, 0.2) is 158 Å².